The largest absolute Gasteiger partial charge is 0.452 e. The molecule has 0 aliphatic carbocycles. The Morgan fingerprint density at radius 1 is 1.00 bits per heavy atom. The van der Waals surface area contributed by atoms with Crippen LogP contribution in [0.2, 0.25) is 0 Å². The molecule has 0 fully saturated rings. The van der Waals surface area contributed by atoms with E-state index in [9.17, 15) is 17.2 Å². The van der Waals surface area contributed by atoms with E-state index < -0.39 is 27.4 Å². The maximum atomic E-state index is 13.4. The van der Waals surface area contributed by atoms with Crippen molar-refractivity contribution in [3.8, 4) is 11.5 Å². The lowest BCUT2D eigenvalue weighted by atomic mass is 10.3. The fraction of sp³-hybridized carbons (Fsp3) is 0. The van der Waals surface area contributed by atoms with E-state index in [1.807, 2.05) is 0 Å². The molecular weight excluding hydrogens is 290 g/mol. The van der Waals surface area contributed by atoms with Crippen molar-refractivity contribution in [2.45, 2.75) is 4.90 Å². The number of anilines is 1. The van der Waals surface area contributed by atoms with Crippen LogP contribution in [-0.4, -0.2) is 8.42 Å². The van der Waals surface area contributed by atoms with Gasteiger partial charge >= 0.3 is 0 Å². The van der Waals surface area contributed by atoms with Crippen LogP contribution in [0, 0.1) is 11.6 Å². The van der Waals surface area contributed by atoms with E-state index in [4.69, 9.17) is 15.6 Å². The number of nitrogen functional groups attached to an aromatic ring is 1. The topological polar surface area (TPSA) is 95.4 Å². The van der Waals surface area contributed by atoms with E-state index in [0.717, 1.165) is 24.3 Å². The first-order chi connectivity index (χ1) is 9.27. The van der Waals surface area contributed by atoms with Crippen molar-refractivity contribution >= 4 is 15.7 Å². The van der Waals surface area contributed by atoms with Crippen LogP contribution in [0.5, 0.6) is 11.5 Å². The van der Waals surface area contributed by atoms with Gasteiger partial charge < -0.3 is 10.5 Å². The molecule has 0 atom stereocenters. The Morgan fingerprint density at radius 3 is 2.35 bits per heavy atom. The zero-order valence-electron chi connectivity index (χ0n) is 10.0. The zero-order valence-corrected chi connectivity index (χ0v) is 10.8. The molecule has 0 heterocycles. The lowest BCUT2D eigenvalue weighted by molar-refractivity contribution is 0.437. The summed E-state index contributed by atoms with van der Waals surface area (Å²) < 4.78 is 54.0. The van der Waals surface area contributed by atoms with Gasteiger partial charge in [-0.25, -0.2) is 22.3 Å². The highest BCUT2D eigenvalue weighted by Gasteiger charge is 2.13. The Kier molecular flexibility index (Phi) is 3.60. The summed E-state index contributed by atoms with van der Waals surface area (Å²) in [5, 5.41) is 4.96. The van der Waals surface area contributed by atoms with Gasteiger partial charge in [-0.15, -0.1) is 0 Å². The van der Waals surface area contributed by atoms with E-state index in [2.05, 4.69) is 0 Å². The number of benzene rings is 2. The molecule has 0 saturated heterocycles. The highest BCUT2D eigenvalue weighted by atomic mass is 32.2. The lowest BCUT2D eigenvalue weighted by Crippen LogP contribution is -2.12. The van der Waals surface area contributed by atoms with Crippen LogP contribution >= 0.6 is 0 Å². The molecular formula is C12H10F2N2O3S. The normalized spacial score (nSPS) is 11.3. The van der Waals surface area contributed by atoms with Gasteiger partial charge in [0, 0.05) is 12.1 Å². The molecule has 0 unspecified atom stereocenters. The van der Waals surface area contributed by atoms with Crippen LogP contribution in [0.4, 0.5) is 14.5 Å². The van der Waals surface area contributed by atoms with Crippen LogP contribution in [0.1, 0.15) is 0 Å². The maximum absolute atomic E-state index is 13.4. The fourth-order valence-corrected chi connectivity index (χ4v) is 1.98. The van der Waals surface area contributed by atoms with E-state index in [-0.39, 0.29) is 16.3 Å². The molecule has 2 rings (SSSR count). The number of ether oxygens (including phenoxy) is 1. The van der Waals surface area contributed by atoms with Crippen molar-refractivity contribution in [3.63, 3.8) is 0 Å². The smallest absolute Gasteiger partial charge is 0.238 e. The van der Waals surface area contributed by atoms with E-state index >= 15 is 0 Å². The number of nitrogens with two attached hydrogens (primary N) is 2. The zero-order chi connectivity index (χ0) is 14.9. The van der Waals surface area contributed by atoms with Crippen molar-refractivity contribution in [1.29, 1.82) is 0 Å². The fourth-order valence-electron chi connectivity index (χ4n) is 1.45. The van der Waals surface area contributed by atoms with E-state index in [0.29, 0.717) is 0 Å². The van der Waals surface area contributed by atoms with Crippen molar-refractivity contribution < 1.29 is 21.9 Å². The average molecular weight is 300 g/mol. The Labute approximate surface area is 113 Å². The first-order valence-electron chi connectivity index (χ1n) is 5.32. The summed E-state index contributed by atoms with van der Waals surface area (Å²) in [5.41, 5.74) is 5.65. The second kappa shape index (κ2) is 5.06. The Morgan fingerprint density at radius 2 is 1.70 bits per heavy atom. The lowest BCUT2D eigenvalue weighted by Gasteiger charge is -2.10. The minimum atomic E-state index is -3.96. The molecule has 106 valence electrons. The van der Waals surface area contributed by atoms with Crippen molar-refractivity contribution in [2.24, 2.45) is 5.14 Å². The molecule has 5 nitrogen and oxygen atoms in total. The van der Waals surface area contributed by atoms with Crippen LogP contribution in [0.25, 0.3) is 0 Å². The molecule has 0 aliphatic heterocycles. The molecule has 0 amide bonds. The summed E-state index contributed by atoms with van der Waals surface area (Å²) >= 11 is 0. The Balaban J connectivity index is 2.45. The van der Waals surface area contributed by atoms with Crippen molar-refractivity contribution in [2.75, 3.05) is 5.73 Å². The summed E-state index contributed by atoms with van der Waals surface area (Å²) in [4.78, 5) is -0.251. The number of rotatable bonds is 3. The summed E-state index contributed by atoms with van der Waals surface area (Å²) in [6.45, 7) is 0. The molecule has 2 aromatic rings. The first kappa shape index (κ1) is 14.2. The van der Waals surface area contributed by atoms with Gasteiger partial charge in [-0.05, 0) is 24.3 Å². The third-order valence-corrected chi connectivity index (χ3v) is 3.34. The molecule has 0 aromatic heterocycles. The molecule has 8 heteroatoms. The third-order valence-electron chi connectivity index (χ3n) is 2.43. The minimum absolute atomic E-state index is 0.0565. The number of hydrogen-bond donors (Lipinski definition) is 2. The van der Waals surface area contributed by atoms with Gasteiger partial charge in [-0.3, -0.25) is 0 Å². The van der Waals surface area contributed by atoms with Crippen LogP contribution < -0.4 is 15.6 Å². The molecule has 0 saturated carbocycles. The predicted octanol–water partition coefficient (Wildman–Crippen LogP) is 1.99. The molecule has 0 radical (unpaired) electrons. The Hall–Kier alpha value is -2.19. The van der Waals surface area contributed by atoms with Crippen molar-refractivity contribution in [1.82, 2.24) is 0 Å². The molecule has 0 aliphatic rings. The summed E-state index contributed by atoms with van der Waals surface area (Å²) in [5.74, 6) is -2.07. The molecule has 4 N–H and O–H groups in total. The number of hydrogen-bond acceptors (Lipinski definition) is 4. The standard InChI is InChI=1S/C12H10F2N2O3S/c13-7-1-3-9(14)11(5-7)19-12-6-8(20(16,17)18)2-4-10(12)15/h1-6H,15H2,(H2,16,17,18). The van der Waals surface area contributed by atoms with Gasteiger partial charge in [-0.1, -0.05) is 0 Å². The van der Waals surface area contributed by atoms with Crippen LogP contribution in [-0.2, 0) is 10.0 Å². The van der Waals surface area contributed by atoms with Crippen LogP contribution in [0.15, 0.2) is 41.3 Å². The molecule has 20 heavy (non-hydrogen) atoms. The second-order valence-corrected chi connectivity index (χ2v) is 5.48. The van der Waals surface area contributed by atoms with E-state index in [1.54, 1.807) is 0 Å². The van der Waals surface area contributed by atoms with Gasteiger partial charge in [0.2, 0.25) is 10.0 Å². The maximum Gasteiger partial charge on any atom is 0.238 e. The number of halogens is 2. The van der Waals surface area contributed by atoms with Gasteiger partial charge in [0.05, 0.1) is 10.6 Å². The first-order valence-corrected chi connectivity index (χ1v) is 6.87. The average Bonchev–Trinajstić information content (AvgIpc) is 2.35. The van der Waals surface area contributed by atoms with Crippen molar-refractivity contribution in [3.05, 3.63) is 48.0 Å². The van der Waals surface area contributed by atoms with Gasteiger partial charge in [0.15, 0.2) is 17.3 Å². The minimum Gasteiger partial charge on any atom is -0.452 e. The highest BCUT2D eigenvalue weighted by Crippen LogP contribution is 2.31. The SMILES string of the molecule is Nc1ccc(S(N)(=O)=O)cc1Oc1cc(F)ccc1F. The third kappa shape index (κ3) is 3.03. The summed E-state index contributed by atoms with van der Waals surface area (Å²) in [7, 11) is -3.96. The van der Waals surface area contributed by atoms with Gasteiger partial charge in [0.1, 0.15) is 5.82 Å². The van der Waals surface area contributed by atoms with Gasteiger partial charge in [0.25, 0.3) is 0 Å². The van der Waals surface area contributed by atoms with Gasteiger partial charge in [-0.2, -0.15) is 0 Å². The Bertz CT molecular complexity index is 763. The van der Waals surface area contributed by atoms with Crippen LogP contribution in [0.3, 0.4) is 0 Å². The number of sulfonamides is 1. The number of primary sulfonamides is 1. The van der Waals surface area contributed by atoms with E-state index in [1.165, 1.54) is 12.1 Å². The monoisotopic (exact) mass is 300 g/mol. The summed E-state index contributed by atoms with van der Waals surface area (Å²) in [6.07, 6.45) is 0. The highest BCUT2D eigenvalue weighted by molar-refractivity contribution is 7.89. The second-order valence-electron chi connectivity index (χ2n) is 3.92. The molecule has 0 spiro atoms. The molecule has 2 aromatic carbocycles. The molecule has 0 bridgehead atoms. The predicted molar refractivity (Wildman–Crippen MR) is 68.7 cm³/mol. The summed E-state index contributed by atoms with van der Waals surface area (Å²) in [6, 6.07) is 6.08. The quantitative estimate of drug-likeness (QED) is 0.847.